The van der Waals surface area contributed by atoms with Gasteiger partial charge in [0.05, 0.1) is 12.4 Å². The third-order valence-corrected chi connectivity index (χ3v) is 4.68. The Bertz CT molecular complexity index is 672. The molecule has 0 aliphatic heterocycles. The molecule has 1 N–H and O–H groups in total. The summed E-state index contributed by atoms with van der Waals surface area (Å²) in [4.78, 5) is 8.08. The average Bonchev–Trinajstić information content (AvgIpc) is 2.49. The summed E-state index contributed by atoms with van der Waals surface area (Å²) in [6.07, 6.45) is 2.64. The molecule has 21 heavy (non-hydrogen) atoms. The summed E-state index contributed by atoms with van der Waals surface area (Å²) in [6.45, 7) is 2.90. The van der Waals surface area contributed by atoms with Crippen LogP contribution in [0.25, 0.3) is 0 Å². The van der Waals surface area contributed by atoms with Crippen LogP contribution in [-0.4, -0.2) is 36.3 Å². The van der Waals surface area contributed by atoms with Gasteiger partial charge >= 0.3 is 0 Å². The second-order valence-electron chi connectivity index (χ2n) is 4.52. The van der Waals surface area contributed by atoms with Gasteiger partial charge in [-0.1, -0.05) is 30.3 Å². The highest BCUT2D eigenvalue weighted by molar-refractivity contribution is 7.89. The minimum Gasteiger partial charge on any atom is -0.355 e. The summed E-state index contributed by atoms with van der Waals surface area (Å²) in [7, 11) is -2.05. The van der Waals surface area contributed by atoms with Crippen molar-refractivity contribution >= 4 is 16.0 Å². The highest BCUT2D eigenvalue weighted by atomic mass is 32.2. The van der Waals surface area contributed by atoms with Crippen LogP contribution in [-0.2, 0) is 16.6 Å². The molecule has 1 aromatic heterocycles. The summed E-state index contributed by atoms with van der Waals surface area (Å²) in [5.41, 5.74) is 0.925. The molecular weight excluding hydrogens is 288 g/mol. The molecule has 0 spiro atoms. The lowest BCUT2D eigenvalue weighted by molar-refractivity contribution is 0.466. The SMILES string of the molecule is CCNc1ncc(S(=O)(=O)N(C)Cc2ccccc2)cn1. The molecule has 0 unspecified atom stereocenters. The van der Waals surface area contributed by atoms with E-state index in [1.165, 1.54) is 16.7 Å². The van der Waals surface area contributed by atoms with Crippen LogP contribution in [0.4, 0.5) is 5.95 Å². The lowest BCUT2D eigenvalue weighted by atomic mass is 10.2. The van der Waals surface area contributed by atoms with Crippen LogP contribution in [0.2, 0.25) is 0 Å². The van der Waals surface area contributed by atoms with Crippen molar-refractivity contribution in [3.8, 4) is 0 Å². The van der Waals surface area contributed by atoms with Gasteiger partial charge in [0.1, 0.15) is 4.90 Å². The topological polar surface area (TPSA) is 75.2 Å². The first kappa shape index (κ1) is 15.4. The number of benzene rings is 1. The Morgan fingerprint density at radius 3 is 2.33 bits per heavy atom. The van der Waals surface area contributed by atoms with Gasteiger partial charge in [0.15, 0.2) is 0 Å². The van der Waals surface area contributed by atoms with Gasteiger partial charge in [-0.15, -0.1) is 0 Å². The summed E-state index contributed by atoms with van der Waals surface area (Å²) < 4.78 is 26.1. The Morgan fingerprint density at radius 2 is 1.76 bits per heavy atom. The first-order valence-corrected chi connectivity index (χ1v) is 8.04. The van der Waals surface area contributed by atoms with E-state index >= 15 is 0 Å². The standard InChI is InChI=1S/C14H18N4O2S/c1-3-15-14-16-9-13(10-17-14)21(19,20)18(2)11-12-7-5-4-6-8-12/h4-10H,3,11H2,1-2H3,(H,15,16,17). The van der Waals surface area contributed by atoms with Gasteiger partial charge in [0.2, 0.25) is 16.0 Å². The van der Waals surface area contributed by atoms with Crippen molar-refractivity contribution in [1.29, 1.82) is 0 Å². The summed E-state index contributed by atoms with van der Waals surface area (Å²) >= 11 is 0. The molecule has 2 rings (SSSR count). The molecule has 0 saturated heterocycles. The number of hydrogen-bond donors (Lipinski definition) is 1. The Morgan fingerprint density at radius 1 is 1.14 bits per heavy atom. The number of sulfonamides is 1. The van der Waals surface area contributed by atoms with Gasteiger partial charge in [-0.2, -0.15) is 4.31 Å². The number of nitrogens with zero attached hydrogens (tertiary/aromatic N) is 3. The molecule has 7 heteroatoms. The van der Waals surface area contributed by atoms with Crippen molar-refractivity contribution in [3.05, 3.63) is 48.3 Å². The molecule has 0 fully saturated rings. The van der Waals surface area contributed by atoms with Crippen LogP contribution in [0.5, 0.6) is 0 Å². The maximum absolute atomic E-state index is 12.4. The monoisotopic (exact) mass is 306 g/mol. The summed E-state index contributed by atoms with van der Waals surface area (Å²) in [6, 6.07) is 9.42. The number of nitrogens with one attached hydrogen (secondary N) is 1. The number of aromatic nitrogens is 2. The van der Waals surface area contributed by atoms with Crippen LogP contribution in [0.1, 0.15) is 12.5 Å². The third kappa shape index (κ3) is 3.77. The lowest BCUT2D eigenvalue weighted by Crippen LogP contribution is -2.26. The van der Waals surface area contributed by atoms with Crippen LogP contribution >= 0.6 is 0 Å². The van der Waals surface area contributed by atoms with Gasteiger partial charge in [-0.3, -0.25) is 0 Å². The number of hydrogen-bond acceptors (Lipinski definition) is 5. The van der Waals surface area contributed by atoms with Crippen LogP contribution < -0.4 is 5.32 Å². The second kappa shape index (κ2) is 6.64. The second-order valence-corrected chi connectivity index (χ2v) is 6.56. The Hall–Kier alpha value is -1.99. The third-order valence-electron chi connectivity index (χ3n) is 2.92. The smallest absolute Gasteiger partial charge is 0.246 e. The Labute approximate surface area is 124 Å². The van der Waals surface area contributed by atoms with Crippen LogP contribution in [0, 0.1) is 0 Å². The van der Waals surface area contributed by atoms with E-state index in [1.807, 2.05) is 37.3 Å². The highest BCUT2D eigenvalue weighted by Crippen LogP contribution is 2.15. The molecule has 0 bridgehead atoms. The molecule has 1 heterocycles. The van der Waals surface area contributed by atoms with Crippen LogP contribution in [0.3, 0.4) is 0 Å². The molecule has 0 amide bonds. The molecule has 1 aromatic carbocycles. The predicted molar refractivity (Wildman–Crippen MR) is 81.3 cm³/mol. The van der Waals surface area contributed by atoms with Crippen molar-refractivity contribution in [3.63, 3.8) is 0 Å². The van der Waals surface area contributed by atoms with Crippen molar-refractivity contribution in [2.24, 2.45) is 0 Å². The zero-order valence-electron chi connectivity index (χ0n) is 12.0. The van der Waals surface area contributed by atoms with E-state index in [9.17, 15) is 8.42 Å². The largest absolute Gasteiger partial charge is 0.355 e. The van der Waals surface area contributed by atoms with E-state index < -0.39 is 10.0 Å². The van der Waals surface area contributed by atoms with Gasteiger partial charge < -0.3 is 5.32 Å². The molecular formula is C14H18N4O2S. The zero-order chi connectivity index (χ0) is 15.3. The summed E-state index contributed by atoms with van der Waals surface area (Å²) in [5.74, 6) is 0.419. The molecule has 112 valence electrons. The van der Waals surface area contributed by atoms with Crippen molar-refractivity contribution in [1.82, 2.24) is 14.3 Å². The van der Waals surface area contributed by atoms with E-state index in [4.69, 9.17) is 0 Å². The fourth-order valence-corrected chi connectivity index (χ4v) is 2.85. The maximum atomic E-state index is 12.4. The molecule has 0 saturated carbocycles. The first-order valence-electron chi connectivity index (χ1n) is 6.60. The van der Waals surface area contributed by atoms with Crippen LogP contribution in [0.15, 0.2) is 47.6 Å². The predicted octanol–water partition coefficient (Wildman–Crippen LogP) is 1.73. The quantitative estimate of drug-likeness (QED) is 0.879. The van der Waals surface area contributed by atoms with Gasteiger partial charge in [0, 0.05) is 20.1 Å². The molecule has 0 aliphatic rings. The Balaban J connectivity index is 2.16. The lowest BCUT2D eigenvalue weighted by Gasteiger charge is -2.17. The van der Waals surface area contributed by atoms with E-state index in [0.29, 0.717) is 19.0 Å². The minimum atomic E-state index is -3.59. The van der Waals surface area contributed by atoms with E-state index in [0.717, 1.165) is 5.56 Å². The normalized spacial score (nSPS) is 11.6. The van der Waals surface area contributed by atoms with Crippen molar-refractivity contribution < 1.29 is 8.42 Å². The number of rotatable bonds is 6. The summed E-state index contributed by atoms with van der Waals surface area (Å²) in [5, 5.41) is 2.92. The molecule has 2 aromatic rings. The molecule has 0 aliphatic carbocycles. The van der Waals surface area contributed by atoms with Gasteiger partial charge in [-0.05, 0) is 12.5 Å². The van der Waals surface area contributed by atoms with Gasteiger partial charge in [-0.25, -0.2) is 18.4 Å². The van der Waals surface area contributed by atoms with Crippen molar-refractivity contribution in [2.75, 3.05) is 18.9 Å². The minimum absolute atomic E-state index is 0.0857. The molecule has 6 nitrogen and oxygen atoms in total. The first-order chi connectivity index (χ1) is 10.0. The fourth-order valence-electron chi connectivity index (χ4n) is 1.80. The molecule has 0 atom stereocenters. The average molecular weight is 306 g/mol. The fraction of sp³-hybridized carbons (Fsp3) is 0.286. The zero-order valence-corrected chi connectivity index (χ0v) is 12.8. The maximum Gasteiger partial charge on any atom is 0.246 e. The van der Waals surface area contributed by atoms with E-state index in [1.54, 1.807) is 7.05 Å². The van der Waals surface area contributed by atoms with Gasteiger partial charge in [0.25, 0.3) is 0 Å². The highest BCUT2D eigenvalue weighted by Gasteiger charge is 2.21. The van der Waals surface area contributed by atoms with Crippen molar-refractivity contribution in [2.45, 2.75) is 18.4 Å². The van der Waals surface area contributed by atoms with E-state index in [-0.39, 0.29) is 4.90 Å². The Kier molecular flexibility index (Phi) is 4.87. The molecule has 0 radical (unpaired) electrons. The van der Waals surface area contributed by atoms with E-state index in [2.05, 4.69) is 15.3 Å². The number of anilines is 1.